The molecular weight excluding hydrogens is 234 g/mol. The molecule has 1 unspecified atom stereocenters. The fourth-order valence-electron chi connectivity index (χ4n) is 1.52. The van der Waals surface area contributed by atoms with Gasteiger partial charge in [-0.15, -0.1) is 0 Å². The van der Waals surface area contributed by atoms with Crippen molar-refractivity contribution in [2.45, 2.75) is 32.4 Å². The Hall–Kier alpha value is -1.95. The molecule has 1 heterocycles. The van der Waals surface area contributed by atoms with Crippen LogP contribution >= 0.6 is 0 Å². The number of rotatable bonds is 6. The summed E-state index contributed by atoms with van der Waals surface area (Å²) in [6.07, 6.45) is 2.56. The van der Waals surface area contributed by atoms with Crippen molar-refractivity contribution in [2.75, 3.05) is 0 Å². The molecule has 1 rings (SSSR count). The highest BCUT2D eigenvalue weighted by Gasteiger charge is 2.19. The highest BCUT2D eigenvalue weighted by molar-refractivity contribution is 5.96. The average Bonchev–Trinajstić information content (AvgIpc) is 2.38. The molecule has 0 aromatic carbocycles. The Kier molecular flexibility index (Phi) is 5.26. The molecule has 0 saturated carbocycles. The number of aliphatic carboxylic acids is 1. The van der Waals surface area contributed by atoms with Crippen LogP contribution in [0.3, 0.4) is 0 Å². The van der Waals surface area contributed by atoms with E-state index in [0.717, 1.165) is 0 Å². The van der Waals surface area contributed by atoms with Crippen molar-refractivity contribution in [3.8, 4) is 0 Å². The van der Waals surface area contributed by atoms with Crippen molar-refractivity contribution < 1.29 is 14.7 Å². The number of carbonyl (C=O) groups excluding carboxylic acids is 1. The minimum absolute atomic E-state index is 0.235. The molecule has 0 fully saturated rings. The summed E-state index contributed by atoms with van der Waals surface area (Å²) in [5.74, 6) is -1.45. The number of nitrogens with zero attached hydrogens (tertiary/aromatic N) is 1. The van der Waals surface area contributed by atoms with Crippen molar-refractivity contribution in [1.82, 2.24) is 10.3 Å². The van der Waals surface area contributed by atoms with Gasteiger partial charge in [0.25, 0.3) is 5.91 Å². The van der Waals surface area contributed by atoms with E-state index >= 15 is 0 Å². The van der Waals surface area contributed by atoms with Gasteiger partial charge in [-0.25, -0.2) is 4.79 Å². The number of nitrogens with one attached hydrogen (secondary N) is 1. The number of nitrogens with two attached hydrogens (primary N) is 1. The first-order chi connectivity index (χ1) is 8.58. The summed E-state index contributed by atoms with van der Waals surface area (Å²) in [6, 6.07) is 2.22. The fraction of sp³-hybridized carbons (Fsp3) is 0.417. The third-order valence-electron chi connectivity index (χ3n) is 2.47. The van der Waals surface area contributed by atoms with Gasteiger partial charge in [0, 0.05) is 18.3 Å². The van der Waals surface area contributed by atoms with E-state index in [0.29, 0.717) is 24.1 Å². The predicted molar refractivity (Wildman–Crippen MR) is 65.9 cm³/mol. The van der Waals surface area contributed by atoms with Gasteiger partial charge in [-0.3, -0.25) is 9.78 Å². The lowest BCUT2D eigenvalue weighted by Crippen LogP contribution is -2.40. The summed E-state index contributed by atoms with van der Waals surface area (Å²) in [4.78, 5) is 26.8. The second-order valence-electron chi connectivity index (χ2n) is 3.89. The van der Waals surface area contributed by atoms with Crippen LogP contribution in [0.5, 0.6) is 0 Å². The fourth-order valence-corrected chi connectivity index (χ4v) is 1.52. The Morgan fingerprint density at radius 1 is 1.56 bits per heavy atom. The Morgan fingerprint density at radius 2 is 2.28 bits per heavy atom. The molecule has 98 valence electrons. The third-order valence-corrected chi connectivity index (χ3v) is 2.47. The third kappa shape index (κ3) is 3.81. The predicted octanol–water partition coefficient (Wildman–Crippen LogP) is 0.523. The number of amides is 1. The van der Waals surface area contributed by atoms with E-state index in [1.807, 2.05) is 6.92 Å². The molecule has 0 radical (unpaired) electrons. The number of carboxylic acids is 1. The van der Waals surface area contributed by atoms with Gasteiger partial charge in [-0.2, -0.15) is 0 Å². The number of aromatic nitrogens is 1. The molecule has 1 aromatic heterocycles. The van der Waals surface area contributed by atoms with Gasteiger partial charge in [-0.05, 0) is 18.6 Å². The minimum atomic E-state index is -1.03. The molecular formula is C12H17N3O3. The maximum atomic E-state index is 11.9. The van der Waals surface area contributed by atoms with Crippen molar-refractivity contribution in [2.24, 2.45) is 5.73 Å². The van der Waals surface area contributed by atoms with E-state index in [4.69, 9.17) is 10.8 Å². The van der Waals surface area contributed by atoms with Crippen molar-refractivity contribution in [1.29, 1.82) is 0 Å². The smallest absolute Gasteiger partial charge is 0.326 e. The zero-order valence-corrected chi connectivity index (χ0v) is 10.2. The molecule has 6 heteroatoms. The lowest BCUT2D eigenvalue weighted by molar-refractivity contribution is -0.139. The van der Waals surface area contributed by atoms with Crippen LogP contribution in [0, 0.1) is 0 Å². The maximum absolute atomic E-state index is 11.9. The molecule has 0 saturated heterocycles. The second-order valence-corrected chi connectivity index (χ2v) is 3.89. The Balaban J connectivity index is 2.76. The largest absolute Gasteiger partial charge is 0.480 e. The highest BCUT2D eigenvalue weighted by atomic mass is 16.4. The highest BCUT2D eigenvalue weighted by Crippen LogP contribution is 2.04. The van der Waals surface area contributed by atoms with Gasteiger partial charge >= 0.3 is 5.97 Å². The molecule has 6 nitrogen and oxygen atoms in total. The van der Waals surface area contributed by atoms with Crippen LogP contribution in [0.2, 0.25) is 0 Å². The van der Waals surface area contributed by atoms with E-state index < -0.39 is 17.9 Å². The first-order valence-corrected chi connectivity index (χ1v) is 5.77. The van der Waals surface area contributed by atoms with Crippen LogP contribution in [0.15, 0.2) is 18.3 Å². The molecule has 1 aromatic rings. The van der Waals surface area contributed by atoms with Crippen LogP contribution in [0.1, 0.15) is 35.8 Å². The average molecular weight is 251 g/mol. The van der Waals surface area contributed by atoms with Crippen molar-refractivity contribution in [3.63, 3.8) is 0 Å². The second kappa shape index (κ2) is 6.70. The zero-order valence-electron chi connectivity index (χ0n) is 10.2. The summed E-state index contributed by atoms with van der Waals surface area (Å²) in [7, 11) is 0. The van der Waals surface area contributed by atoms with Gasteiger partial charge < -0.3 is 16.2 Å². The van der Waals surface area contributed by atoms with Gasteiger partial charge in [0.15, 0.2) is 0 Å². The number of carbonyl (C=O) groups is 2. The molecule has 1 amide bonds. The molecule has 0 spiro atoms. The summed E-state index contributed by atoms with van der Waals surface area (Å²) in [6.45, 7) is 2.10. The monoisotopic (exact) mass is 251 g/mol. The molecule has 0 aliphatic carbocycles. The summed E-state index contributed by atoms with van der Waals surface area (Å²) < 4.78 is 0. The van der Waals surface area contributed by atoms with Crippen LogP contribution in [-0.2, 0) is 11.3 Å². The Bertz CT molecular complexity index is 434. The lowest BCUT2D eigenvalue weighted by Gasteiger charge is -2.13. The Morgan fingerprint density at radius 3 is 2.83 bits per heavy atom. The van der Waals surface area contributed by atoms with Gasteiger partial charge in [-0.1, -0.05) is 13.3 Å². The van der Waals surface area contributed by atoms with Crippen molar-refractivity contribution in [3.05, 3.63) is 29.6 Å². The zero-order chi connectivity index (χ0) is 13.5. The number of hydrogen-bond donors (Lipinski definition) is 3. The summed E-state index contributed by atoms with van der Waals surface area (Å²) in [5.41, 5.74) is 6.38. The number of carboxylic acid groups (broad SMARTS) is 1. The van der Waals surface area contributed by atoms with E-state index in [-0.39, 0.29) is 6.54 Å². The topological polar surface area (TPSA) is 105 Å². The van der Waals surface area contributed by atoms with Crippen LogP contribution in [-0.4, -0.2) is 28.0 Å². The van der Waals surface area contributed by atoms with Gasteiger partial charge in [0.05, 0.1) is 5.69 Å². The van der Waals surface area contributed by atoms with Gasteiger partial charge in [0.1, 0.15) is 6.04 Å². The van der Waals surface area contributed by atoms with E-state index in [2.05, 4.69) is 10.3 Å². The minimum Gasteiger partial charge on any atom is -0.480 e. The van der Waals surface area contributed by atoms with E-state index in [1.165, 1.54) is 12.3 Å². The van der Waals surface area contributed by atoms with Crippen LogP contribution in [0.4, 0.5) is 0 Å². The summed E-state index contributed by atoms with van der Waals surface area (Å²) >= 11 is 0. The van der Waals surface area contributed by atoms with E-state index in [1.54, 1.807) is 6.07 Å². The normalized spacial score (nSPS) is 11.9. The number of hydrogen-bond acceptors (Lipinski definition) is 4. The molecule has 0 bridgehead atoms. The first-order valence-electron chi connectivity index (χ1n) is 5.77. The summed E-state index contributed by atoms with van der Waals surface area (Å²) in [5, 5.41) is 11.4. The lowest BCUT2D eigenvalue weighted by atomic mass is 10.1. The van der Waals surface area contributed by atoms with Crippen LogP contribution in [0.25, 0.3) is 0 Å². The molecule has 18 heavy (non-hydrogen) atoms. The number of pyridine rings is 1. The SMILES string of the molecule is CCCC(NC(=O)c1ccnc(CN)c1)C(=O)O. The van der Waals surface area contributed by atoms with Crippen molar-refractivity contribution >= 4 is 11.9 Å². The quantitative estimate of drug-likeness (QED) is 0.683. The maximum Gasteiger partial charge on any atom is 0.326 e. The van der Waals surface area contributed by atoms with E-state index in [9.17, 15) is 9.59 Å². The Labute approximate surface area is 105 Å². The molecule has 0 aliphatic rings. The molecule has 0 aliphatic heterocycles. The van der Waals surface area contributed by atoms with Gasteiger partial charge in [0.2, 0.25) is 0 Å². The standard InChI is InChI=1S/C12H17N3O3/c1-2-3-10(12(17)18)15-11(16)8-4-5-14-9(6-8)7-13/h4-6,10H,2-3,7,13H2,1H3,(H,15,16)(H,17,18). The first kappa shape index (κ1) is 14.1. The molecule has 1 atom stereocenters. The molecule has 4 N–H and O–H groups in total. The van der Waals surface area contributed by atoms with Crippen LogP contribution < -0.4 is 11.1 Å².